The number of ether oxygens (including phenoxy) is 2. The highest BCUT2D eigenvalue weighted by Gasteiger charge is 2.62. The van der Waals surface area contributed by atoms with Crippen LogP contribution in [0.4, 0.5) is 13.2 Å². The van der Waals surface area contributed by atoms with Gasteiger partial charge < -0.3 is 30.1 Å². The summed E-state index contributed by atoms with van der Waals surface area (Å²) in [4.78, 5) is 13.4. The maximum Gasteiger partial charge on any atom is 0.253 e. The third-order valence-electron chi connectivity index (χ3n) is 7.38. The topological polar surface area (TPSA) is 139 Å². The molecule has 6 rings (SSSR count). The van der Waals surface area contributed by atoms with E-state index in [2.05, 4.69) is 15.6 Å². The van der Waals surface area contributed by atoms with Crippen LogP contribution in [0.25, 0.3) is 21.3 Å². The van der Waals surface area contributed by atoms with Crippen LogP contribution in [0.3, 0.4) is 0 Å². The first-order valence-electron chi connectivity index (χ1n) is 12.5. The van der Waals surface area contributed by atoms with Crippen molar-refractivity contribution in [3.63, 3.8) is 0 Å². The summed E-state index contributed by atoms with van der Waals surface area (Å²) >= 11 is 7.48. The molecule has 0 saturated carbocycles. The predicted octanol–water partition coefficient (Wildman–Crippen LogP) is 2.80. The van der Waals surface area contributed by atoms with Crippen LogP contribution in [0.2, 0.25) is 5.02 Å². The van der Waals surface area contributed by atoms with E-state index in [0.29, 0.717) is 16.0 Å². The first-order chi connectivity index (χ1) is 19.6. The van der Waals surface area contributed by atoms with Crippen molar-refractivity contribution in [1.82, 2.24) is 20.3 Å². The van der Waals surface area contributed by atoms with E-state index in [9.17, 15) is 33.3 Å². The van der Waals surface area contributed by atoms with Crippen molar-refractivity contribution in [2.24, 2.45) is 0 Å². The van der Waals surface area contributed by atoms with Crippen LogP contribution in [0.5, 0.6) is 0 Å². The third kappa shape index (κ3) is 4.69. The van der Waals surface area contributed by atoms with Gasteiger partial charge in [-0.15, -0.1) is 16.4 Å². The molecule has 2 aliphatic rings. The van der Waals surface area contributed by atoms with Crippen molar-refractivity contribution in [2.45, 2.75) is 42.6 Å². The highest BCUT2D eigenvalue weighted by atomic mass is 35.5. The number of amides is 1. The van der Waals surface area contributed by atoms with Gasteiger partial charge in [-0.05, 0) is 36.8 Å². The average molecular weight is 611 g/mol. The molecule has 4 aromatic rings. The number of hydrogen-bond acceptors (Lipinski definition) is 9. The minimum Gasteiger partial charge on any atom is -0.394 e. The standard InChI is InChI=1S/C26H22ClF3N4O6S/c27-12-1-2-19-13(7-12)14(10-41-19)25(38)31-20-3-4-39-26(20)24(37)22(23(36)18(9-35)40-26)34-8-17(32-33-34)11-5-15(28)21(30)16(29)6-11/h1-2,5-8,10,18,20,22-24,35-37H,3-4,9H2,(H,31,38)/t18-,20-,22+,23+,24-,26+/m1/s1. The van der Waals surface area contributed by atoms with Crippen LogP contribution in [0, 0.1) is 17.5 Å². The van der Waals surface area contributed by atoms with E-state index in [0.717, 1.165) is 21.5 Å². The second-order valence-electron chi connectivity index (χ2n) is 9.78. The summed E-state index contributed by atoms with van der Waals surface area (Å²) in [5, 5.41) is 46.0. The Morgan fingerprint density at radius 2 is 1.98 bits per heavy atom. The van der Waals surface area contributed by atoms with Gasteiger partial charge in [-0.1, -0.05) is 16.8 Å². The summed E-state index contributed by atoms with van der Waals surface area (Å²) in [5.41, 5.74) is 0.140. The lowest BCUT2D eigenvalue weighted by Crippen LogP contribution is -2.69. The van der Waals surface area contributed by atoms with Crippen LogP contribution >= 0.6 is 22.9 Å². The average Bonchev–Trinajstić information content (AvgIpc) is 3.69. The molecule has 0 unspecified atom stereocenters. The molecule has 1 spiro atoms. The van der Waals surface area contributed by atoms with E-state index < -0.39 is 66.1 Å². The molecule has 2 aliphatic heterocycles. The van der Waals surface area contributed by atoms with Crippen LogP contribution in [-0.2, 0) is 9.47 Å². The molecule has 10 nitrogen and oxygen atoms in total. The number of aliphatic hydroxyl groups excluding tert-OH is 3. The Balaban J connectivity index is 1.32. The first kappa shape index (κ1) is 28.0. The first-order valence-corrected chi connectivity index (χ1v) is 13.7. The van der Waals surface area contributed by atoms with Gasteiger partial charge in [-0.2, -0.15) is 0 Å². The number of fused-ring (bicyclic) bond motifs is 1. The van der Waals surface area contributed by atoms with Crippen LogP contribution < -0.4 is 5.32 Å². The fraction of sp³-hybridized carbons (Fsp3) is 0.346. The molecule has 6 atom stereocenters. The van der Waals surface area contributed by atoms with Gasteiger partial charge in [0.15, 0.2) is 17.5 Å². The zero-order valence-corrected chi connectivity index (χ0v) is 22.5. The molecule has 4 heterocycles. The second kappa shape index (κ2) is 10.6. The molecule has 1 amide bonds. The fourth-order valence-corrected chi connectivity index (χ4v) is 6.45. The highest BCUT2D eigenvalue weighted by molar-refractivity contribution is 7.17. The second-order valence-corrected chi connectivity index (χ2v) is 11.1. The van der Waals surface area contributed by atoms with Crippen molar-refractivity contribution in [2.75, 3.05) is 13.2 Å². The molecule has 2 fully saturated rings. The predicted molar refractivity (Wildman–Crippen MR) is 140 cm³/mol. The van der Waals surface area contributed by atoms with Gasteiger partial charge in [-0.25, -0.2) is 17.9 Å². The SMILES string of the molecule is O=C(N[C@@H]1CCO[C@]12O[C@H](CO)[C@H](O)[C@H](n1cc(-c3cc(F)c(F)c(F)c3)nn1)[C@H]2O)c1csc2ccc(Cl)cc12. The van der Waals surface area contributed by atoms with Crippen LogP contribution in [-0.4, -0.2) is 79.6 Å². The molecule has 2 aromatic heterocycles. The monoisotopic (exact) mass is 610 g/mol. The van der Waals surface area contributed by atoms with Crippen LogP contribution in [0.1, 0.15) is 22.8 Å². The zero-order chi connectivity index (χ0) is 29.1. The van der Waals surface area contributed by atoms with Crippen molar-refractivity contribution >= 4 is 38.9 Å². The summed E-state index contributed by atoms with van der Waals surface area (Å²) in [5.74, 6) is -6.89. The summed E-state index contributed by atoms with van der Waals surface area (Å²) in [6.07, 6.45) is -3.07. The summed E-state index contributed by atoms with van der Waals surface area (Å²) in [6.45, 7) is -0.615. The van der Waals surface area contributed by atoms with E-state index >= 15 is 0 Å². The Hall–Kier alpha value is -3.11. The summed E-state index contributed by atoms with van der Waals surface area (Å²) in [7, 11) is 0. The number of carbonyl (C=O) groups is 1. The quantitative estimate of drug-likeness (QED) is 0.253. The molecule has 2 aromatic carbocycles. The number of halogens is 4. The lowest BCUT2D eigenvalue weighted by molar-refractivity contribution is -0.344. The van der Waals surface area contributed by atoms with Gasteiger partial charge in [-0.3, -0.25) is 4.79 Å². The van der Waals surface area contributed by atoms with Gasteiger partial charge in [0.1, 0.15) is 30.0 Å². The van der Waals surface area contributed by atoms with Crippen molar-refractivity contribution in [1.29, 1.82) is 0 Å². The number of thiophene rings is 1. The number of rotatable bonds is 5. The van der Waals surface area contributed by atoms with E-state index in [1.165, 1.54) is 17.5 Å². The van der Waals surface area contributed by atoms with Crippen molar-refractivity contribution in [3.8, 4) is 11.3 Å². The van der Waals surface area contributed by atoms with Gasteiger partial charge in [0, 0.05) is 26.1 Å². The Labute approximate surface area is 238 Å². The van der Waals surface area contributed by atoms with E-state index in [4.69, 9.17) is 21.1 Å². The number of aliphatic hydroxyl groups is 3. The zero-order valence-electron chi connectivity index (χ0n) is 20.9. The molecular weight excluding hydrogens is 589 g/mol. The van der Waals surface area contributed by atoms with Crippen LogP contribution in [0.15, 0.2) is 41.9 Å². The Bertz CT molecular complexity index is 1610. The largest absolute Gasteiger partial charge is 0.394 e. The minimum absolute atomic E-state index is 0.0654. The molecule has 2 saturated heterocycles. The summed E-state index contributed by atoms with van der Waals surface area (Å²) in [6, 6.07) is 4.38. The number of carbonyl (C=O) groups excluding carboxylic acids is 1. The third-order valence-corrected chi connectivity index (χ3v) is 8.58. The number of benzene rings is 2. The van der Waals surface area contributed by atoms with Gasteiger partial charge in [0.05, 0.1) is 31.0 Å². The van der Waals surface area contributed by atoms with Gasteiger partial charge >= 0.3 is 0 Å². The molecular formula is C26H22ClF3N4O6S. The van der Waals surface area contributed by atoms with Crippen molar-refractivity contribution in [3.05, 3.63) is 69.9 Å². The number of nitrogens with zero attached hydrogens (tertiary/aromatic N) is 3. The van der Waals surface area contributed by atoms with E-state index in [1.54, 1.807) is 23.6 Å². The fourth-order valence-electron chi connectivity index (χ4n) is 5.36. The lowest BCUT2D eigenvalue weighted by Gasteiger charge is -2.49. The summed E-state index contributed by atoms with van der Waals surface area (Å²) < 4.78 is 54.8. The molecule has 0 bridgehead atoms. The Kier molecular flexibility index (Phi) is 7.26. The van der Waals surface area contributed by atoms with E-state index in [-0.39, 0.29) is 24.3 Å². The molecule has 41 heavy (non-hydrogen) atoms. The highest BCUT2D eigenvalue weighted by Crippen LogP contribution is 2.43. The molecule has 216 valence electrons. The molecule has 0 radical (unpaired) electrons. The van der Waals surface area contributed by atoms with Gasteiger partial charge in [0.2, 0.25) is 5.79 Å². The van der Waals surface area contributed by atoms with Crippen molar-refractivity contribution < 1.29 is 42.8 Å². The maximum absolute atomic E-state index is 13.8. The number of aromatic nitrogens is 3. The Morgan fingerprint density at radius 1 is 1.22 bits per heavy atom. The minimum atomic E-state index is -1.91. The van der Waals surface area contributed by atoms with E-state index in [1.807, 2.05) is 0 Å². The maximum atomic E-state index is 13.8. The van der Waals surface area contributed by atoms with Gasteiger partial charge in [0.25, 0.3) is 5.91 Å². The molecule has 15 heteroatoms. The normalized spacial score (nSPS) is 28.0. The smallest absolute Gasteiger partial charge is 0.253 e. The molecule has 4 N–H and O–H groups in total. The number of hydrogen-bond donors (Lipinski definition) is 4. The number of nitrogens with one attached hydrogen (secondary N) is 1. The lowest BCUT2D eigenvalue weighted by atomic mass is 9.86. The Morgan fingerprint density at radius 3 is 2.71 bits per heavy atom. The molecule has 0 aliphatic carbocycles.